The predicted octanol–water partition coefficient (Wildman–Crippen LogP) is 1.09. The molecule has 1 saturated heterocycles. The van der Waals surface area contributed by atoms with Crippen molar-refractivity contribution in [3.8, 4) is 0 Å². The lowest BCUT2D eigenvalue weighted by molar-refractivity contribution is 0.141. The van der Waals surface area contributed by atoms with Gasteiger partial charge in [0.25, 0.3) is 0 Å². The van der Waals surface area contributed by atoms with Crippen LogP contribution in [0, 0.1) is 0 Å². The van der Waals surface area contributed by atoms with Gasteiger partial charge in [-0.1, -0.05) is 7.43 Å². The monoisotopic (exact) mass is 131 g/mol. The van der Waals surface area contributed by atoms with Crippen LogP contribution >= 0.6 is 0 Å². The molecule has 0 saturated carbocycles. The normalized spacial score (nSPS) is 25.3. The Morgan fingerprint density at radius 2 is 2.33 bits per heavy atom. The van der Waals surface area contributed by atoms with Crippen LogP contribution in [0.4, 0.5) is 4.79 Å². The number of hydrogen-bond donors (Lipinski definition) is 0. The van der Waals surface area contributed by atoms with Crippen LogP contribution in [0.25, 0.3) is 0 Å². The van der Waals surface area contributed by atoms with Crippen LogP contribution in [-0.2, 0) is 4.74 Å². The summed E-state index contributed by atoms with van der Waals surface area (Å²) in [5.74, 6) is 0. The molecule has 3 nitrogen and oxygen atoms in total. The van der Waals surface area contributed by atoms with Gasteiger partial charge in [-0.2, -0.15) is 0 Å². The standard InChI is InChI=1S/C5H9NO2.CH4/c1-4-3-6(2)5(7)8-4;/h4H,3H2,1-2H3;1H4/t4-;/m1./s1. The molecule has 0 aliphatic carbocycles. The van der Waals surface area contributed by atoms with Crippen molar-refractivity contribution in [2.45, 2.75) is 20.5 Å². The molecule has 9 heavy (non-hydrogen) atoms. The lowest BCUT2D eigenvalue weighted by Crippen LogP contribution is -2.18. The van der Waals surface area contributed by atoms with E-state index in [0.717, 1.165) is 6.54 Å². The van der Waals surface area contributed by atoms with Crippen molar-refractivity contribution in [2.75, 3.05) is 13.6 Å². The second kappa shape index (κ2) is 2.71. The molecule has 1 rings (SSSR count). The zero-order valence-corrected chi connectivity index (χ0v) is 5.05. The molecule has 0 aromatic carbocycles. The highest BCUT2D eigenvalue weighted by atomic mass is 16.6. The lowest BCUT2D eigenvalue weighted by Gasteiger charge is -1.99. The zero-order valence-electron chi connectivity index (χ0n) is 5.05. The Labute approximate surface area is 55.6 Å². The summed E-state index contributed by atoms with van der Waals surface area (Å²) in [4.78, 5) is 12.0. The summed E-state index contributed by atoms with van der Waals surface area (Å²) in [6, 6.07) is 0. The summed E-state index contributed by atoms with van der Waals surface area (Å²) in [6.07, 6.45) is -0.134. The largest absolute Gasteiger partial charge is 0.445 e. The van der Waals surface area contributed by atoms with E-state index >= 15 is 0 Å². The Balaban J connectivity index is 0.000000640. The number of cyclic esters (lactones) is 1. The van der Waals surface area contributed by atoms with Gasteiger partial charge in [0.05, 0.1) is 6.54 Å². The summed E-state index contributed by atoms with van der Waals surface area (Å²) in [5.41, 5.74) is 0. The van der Waals surface area contributed by atoms with Crippen molar-refractivity contribution in [3.05, 3.63) is 0 Å². The lowest BCUT2D eigenvalue weighted by atomic mass is 10.4. The molecule has 1 fully saturated rings. The molecule has 0 unspecified atom stereocenters. The summed E-state index contributed by atoms with van der Waals surface area (Å²) < 4.78 is 4.76. The number of hydrogen-bond acceptors (Lipinski definition) is 2. The third-order valence-corrected chi connectivity index (χ3v) is 1.14. The highest BCUT2D eigenvalue weighted by molar-refractivity contribution is 5.69. The highest BCUT2D eigenvalue weighted by Crippen LogP contribution is 2.06. The molecule has 1 atom stereocenters. The van der Waals surface area contributed by atoms with E-state index in [4.69, 9.17) is 4.74 Å². The molecule has 0 spiro atoms. The quantitative estimate of drug-likeness (QED) is 0.492. The second-order valence-corrected chi connectivity index (χ2v) is 2.07. The van der Waals surface area contributed by atoms with Gasteiger partial charge in [0, 0.05) is 7.05 Å². The van der Waals surface area contributed by atoms with Crippen molar-refractivity contribution >= 4 is 6.09 Å². The number of nitrogens with zero attached hydrogens (tertiary/aromatic N) is 1. The van der Waals surface area contributed by atoms with Crippen LogP contribution < -0.4 is 0 Å². The Bertz CT molecular complexity index is 114. The maximum Gasteiger partial charge on any atom is 0.409 e. The third-order valence-electron chi connectivity index (χ3n) is 1.14. The molecule has 0 N–H and O–H groups in total. The topological polar surface area (TPSA) is 29.5 Å². The van der Waals surface area contributed by atoms with Gasteiger partial charge in [0.15, 0.2) is 0 Å². The Morgan fingerprint density at radius 3 is 2.44 bits per heavy atom. The van der Waals surface area contributed by atoms with Crippen molar-refractivity contribution in [3.63, 3.8) is 0 Å². The van der Waals surface area contributed by atoms with Crippen LogP contribution in [0.15, 0.2) is 0 Å². The number of amides is 1. The first kappa shape index (κ1) is 8.27. The molecule has 0 aromatic heterocycles. The third kappa shape index (κ3) is 1.59. The van der Waals surface area contributed by atoms with Crippen molar-refractivity contribution in [2.24, 2.45) is 0 Å². The van der Waals surface area contributed by atoms with Crippen LogP contribution in [0.5, 0.6) is 0 Å². The molecule has 0 radical (unpaired) electrons. The van der Waals surface area contributed by atoms with E-state index in [2.05, 4.69) is 0 Å². The molecule has 1 aliphatic heterocycles. The highest BCUT2D eigenvalue weighted by Gasteiger charge is 2.23. The number of carbonyl (C=O) groups is 1. The van der Waals surface area contributed by atoms with E-state index in [1.165, 1.54) is 0 Å². The first-order valence-corrected chi connectivity index (χ1v) is 2.62. The molecule has 1 heterocycles. The van der Waals surface area contributed by atoms with Gasteiger partial charge in [0.1, 0.15) is 6.10 Å². The van der Waals surface area contributed by atoms with Crippen molar-refractivity contribution in [1.82, 2.24) is 4.90 Å². The molecule has 0 aromatic rings. The first-order chi connectivity index (χ1) is 3.70. The van der Waals surface area contributed by atoms with Gasteiger partial charge in [-0.15, -0.1) is 0 Å². The zero-order chi connectivity index (χ0) is 6.15. The van der Waals surface area contributed by atoms with Gasteiger partial charge >= 0.3 is 6.09 Å². The number of carbonyl (C=O) groups excluding carboxylic acids is 1. The van der Waals surface area contributed by atoms with Crippen molar-refractivity contribution < 1.29 is 9.53 Å². The minimum absolute atomic E-state index is 0. The molecule has 54 valence electrons. The summed E-state index contributed by atoms with van der Waals surface area (Å²) in [5, 5.41) is 0. The van der Waals surface area contributed by atoms with E-state index in [0.29, 0.717) is 0 Å². The van der Waals surface area contributed by atoms with Gasteiger partial charge < -0.3 is 9.64 Å². The predicted molar refractivity (Wildman–Crippen MR) is 35.3 cm³/mol. The van der Waals surface area contributed by atoms with Gasteiger partial charge in [0.2, 0.25) is 0 Å². The van der Waals surface area contributed by atoms with E-state index < -0.39 is 0 Å². The molecular formula is C6H13NO2. The summed E-state index contributed by atoms with van der Waals surface area (Å²) in [7, 11) is 1.73. The smallest absolute Gasteiger partial charge is 0.409 e. The fourth-order valence-corrected chi connectivity index (χ4v) is 0.760. The summed E-state index contributed by atoms with van der Waals surface area (Å²) in [6.45, 7) is 2.60. The maximum absolute atomic E-state index is 10.5. The average molecular weight is 131 g/mol. The fourth-order valence-electron chi connectivity index (χ4n) is 0.760. The number of ether oxygens (including phenoxy) is 1. The Kier molecular flexibility index (Phi) is 2.49. The maximum atomic E-state index is 10.5. The molecule has 1 amide bonds. The Morgan fingerprint density at radius 1 is 1.78 bits per heavy atom. The summed E-state index contributed by atoms with van der Waals surface area (Å²) >= 11 is 0. The first-order valence-electron chi connectivity index (χ1n) is 2.62. The second-order valence-electron chi connectivity index (χ2n) is 2.07. The van der Waals surface area contributed by atoms with Crippen LogP contribution in [0.3, 0.4) is 0 Å². The van der Waals surface area contributed by atoms with Gasteiger partial charge in [-0.25, -0.2) is 4.79 Å². The minimum Gasteiger partial charge on any atom is -0.445 e. The number of likely N-dealkylation sites (N-methyl/N-ethyl adjacent to an activating group) is 1. The average Bonchev–Trinajstić information content (AvgIpc) is 1.85. The van der Waals surface area contributed by atoms with E-state index in [1.807, 2.05) is 6.92 Å². The van der Waals surface area contributed by atoms with Gasteiger partial charge in [-0.3, -0.25) is 0 Å². The van der Waals surface area contributed by atoms with Crippen LogP contribution in [0.2, 0.25) is 0 Å². The van der Waals surface area contributed by atoms with Crippen LogP contribution in [0.1, 0.15) is 14.4 Å². The minimum atomic E-state index is -0.211. The molecule has 0 bridgehead atoms. The van der Waals surface area contributed by atoms with Gasteiger partial charge in [-0.05, 0) is 6.92 Å². The van der Waals surface area contributed by atoms with Crippen LogP contribution in [-0.4, -0.2) is 30.7 Å². The van der Waals surface area contributed by atoms with E-state index in [9.17, 15) is 4.79 Å². The fraction of sp³-hybridized carbons (Fsp3) is 0.833. The molecular weight excluding hydrogens is 118 g/mol. The Hall–Kier alpha value is -0.730. The molecule has 3 heteroatoms. The van der Waals surface area contributed by atoms with E-state index in [-0.39, 0.29) is 19.6 Å². The molecule has 1 aliphatic rings. The van der Waals surface area contributed by atoms with E-state index in [1.54, 1.807) is 11.9 Å². The number of rotatable bonds is 0. The SMILES string of the molecule is C.C[C@@H]1CN(C)C(=O)O1. The van der Waals surface area contributed by atoms with Crippen molar-refractivity contribution in [1.29, 1.82) is 0 Å².